The number of carbonyl (C=O) groups excluding carboxylic acids is 1. The Labute approximate surface area is 141 Å². The number of rotatable bonds is 4. The zero-order chi connectivity index (χ0) is 16.3. The summed E-state index contributed by atoms with van der Waals surface area (Å²) in [6, 6.07) is 6.17. The van der Waals surface area contributed by atoms with Gasteiger partial charge in [-0.3, -0.25) is 4.79 Å². The van der Waals surface area contributed by atoms with Crippen molar-refractivity contribution in [2.24, 2.45) is 0 Å². The van der Waals surface area contributed by atoms with Gasteiger partial charge in [-0.15, -0.1) is 0 Å². The van der Waals surface area contributed by atoms with Crippen molar-refractivity contribution < 1.29 is 29.6 Å². The maximum Gasteiger partial charge on any atom is 0.223 e. The molecule has 0 radical (unpaired) electrons. The summed E-state index contributed by atoms with van der Waals surface area (Å²) in [5.41, 5.74) is 0. The van der Waals surface area contributed by atoms with Crippen LogP contribution in [0.15, 0.2) is 24.3 Å². The zero-order valence-corrected chi connectivity index (χ0v) is 14.0. The summed E-state index contributed by atoms with van der Waals surface area (Å²) in [6.07, 6.45) is -4.66. The molecule has 1 aliphatic rings. The standard InChI is InChI=1S/C14H18INO6/c1-7(18)16-11-13(20)12(19)10(6-17)22-14(11)21-9-4-2-8(15)3-5-9/h2-5,10-14,17,19-20H,6H2,1H3,(H,16,18)/t10-,11-,12-,13-,14-/m1/s1. The van der Waals surface area contributed by atoms with Crippen LogP contribution in [0.25, 0.3) is 0 Å². The predicted molar refractivity (Wildman–Crippen MR) is 85.2 cm³/mol. The van der Waals surface area contributed by atoms with Crippen molar-refractivity contribution in [1.82, 2.24) is 5.32 Å². The molecule has 8 heteroatoms. The number of amides is 1. The van der Waals surface area contributed by atoms with E-state index in [4.69, 9.17) is 9.47 Å². The Morgan fingerprint density at radius 3 is 2.50 bits per heavy atom. The molecular formula is C14H18INO6. The molecule has 1 saturated heterocycles. The first-order valence-corrected chi connectivity index (χ1v) is 7.82. The van der Waals surface area contributed by atoms with Gasteiger partial charge in [0.1, 0.15) is 30.1 Å². The fourth-order valence-electron chi connectivity index (χ4n) is 2.22. The third kappa shape index (κ3) is 4.07. The van der Waals surface area contributed by atoms with Gasteiger partial charge in [0.2, 0.25) is 12.2 Å². The minimum atomic E-state index is -1.32. The summed E-state index contributed by atoms with van der Waals surface area (Å²) >= 11 is 2.15. The second-order valence-corrected chi connectivity index (χ2v) is 6.25. The van der Waals surface area contributed by atoms with Gasteiger partial charge in [-0.2, -0.15) is 0 Å². The van der Waals surface area contributed by atoms with Crippen LogP contribution in [-0.2, 0) is 9.53 Å². The second kappa shape index (κ2) is 7.55. The average molecular weight is 423 g/mol. The van der Waals surface area contributed by atoms with Crippen LogP contribution >= 0.6 is 22.6 Å². The van der Waals surface area contributed by atoms with Crippen molar-refractivity contribution in [1.29, 1.82) is 0 Å². The molecule has 1 heterocycles. The Bertz CT molecular complexity index is 511. The average Bonchev–Trinajstić information content (AvgIpc) is 2.48. The number of ether oxygens (including phenoxy) is 2. The number of hydrogen-bond donors (Lipinski definition) is 4. The van der Waals surface area contributed by atoms with E-state index in [2.05, 4.69) is 27.9 Å². The summed E-state index contributed by atoms with van der Waals surface area (Å²) in [5.74, 6) is 0.0968. The van der Waals surface area contributed by atoms with Crippen LogP contribution in [0.2, 0.25) is 0 Å². The van der Waals surface area contributed by atoms with Gasteiger partial charge in [0, 0.05) is 10.5 Å². The third-order valence-electron chi connectivity index (χ3n) is 3.32. The normalized spacial score (nSPS) is 31.6. The molecule has 0 aromatic heterocycles. The van der Waals surface area contributed by atoms with E-state index in [1.165, 1.54) is 6.92 Å². The molecular weight excluding hydrogens is 405 g/mol. The monoisotopic (exact) mass is 423 g/mol. The van der Waals surface area contributed by atoms with E-state index in [1.807, 2.05) is 12.1 Å². The van der Waals surface area contributed by atoms with Crippen LogP contribution in [0.3, 0.4) is 0 Å². The number of nitrogens with one attached hydrogen (secondary N) is 1. The molecule has 0 bridgehead atoms. The lowest BCUT2D eigenvalue weighted by molar-refractivity contribution is -0.244. The highest BCUT2D eigenvalue weighted by atomic mass is 127. The number of benzene rings is 1. The number of aliphatic hydroxyl groups is 3. The van der Waals surface area contributed by atoms with Crippen molar-refractivity contribution in [2.45, 2.75) is 37.6 Å². The van der Waals surface area contributed by atoms with Gasteiger partial charge in [-0.1, -0.05) is 0 Å². The molecule has 122 valence electrons. The number of aliphatic hydroxyl groups excluding tert-OH is 3. The van der Waals surface area contributed by atoms with E-state index >= 15 is 0 Å². The maximum atomic E-state index is 11.3. The number of carbonyl (C=O) groups is 1. The molecule has 2 rings (SSSR count). The largest absolute Gasteiger partial charge is 0.463 e. The Hall–Kier alpha value is -0.940. The minimum Gasteiger partial charge on any atom is -0.463 e. The molecule has 7 nitrogen and oxygen atoms in total. The first-order chi connectivity index (χ1) is 10.4. The van der Waals surface area contributed by atoms with E-state index in [0.717, 1.165) is 3.57 Å². The first-order valence-electron chi connectivity index (χ1n) is 6.74. The van der Waals surface area contributed by atoms with Gasteiger partial charge in [-0.25, -0.2) is 0 Å². The van der Waals surface area contributed by atoms with Crippen LogP contribution in [0.5, 0.6) is 5.75 Å². The molecule has 1 aromatic carbocycles. The highest BCUT2D eigenvalue weighted by Crippen LogP contribution is 2.24. The van der Waals surface area contributed by atoms with Gasteiger partial charge < -0.3 is 30.1 Å². The van der Waals surface area contributed by atoms with E-state index in [-0.39, 0.29) is 0 Å². The topological polar surface area (TPSA) is 108 Å². The van der Waals surface area contributed by atoms with Crippen molar-refractivity contribution in [3.63, 3.8) is 0 Å². The van der Waals surface area contributed by atoms with Gasteiger partial charge in [0.25, 0.3) is 0 Å². The van der Waals surface area contributed by atoms with Crippen LogP contribution in [-0.4, -0.2) is 58.5 Å². The Morgan fingerprint density at radius 1 is 1.32 bits per heavy atom. The van der Waals surface area contributed by atoms with Gasteiger partial charge in [-0.05, 0) is 46.9 Å². The quantitative estimate of drug-likeness (QED) is 0.492. The molecule has 22 heavy (non-hydrogen) atoms. The summed E-state index contributed by atoms with van der Waals surface area (Å²) < 4.78 is 12.1. The van der Waals surface area contributed by atoms with Gasteiger partial charge in [0.05, 0.1) is 6.61 Å². The number of halogens is 1. The summed E-state index contributed by atoms with van der Waals surface area (Å²) in [4.78, 5) is 11.3. The summed E-state index contributed by atoms with van der Waals surface area (Å²) in [5, 5.41) is 31.8. The molecule has 1 fully saturated rings. The summed E-state index contributed by atoms with van der Waals surface area (Å²) in [7, 11) is 0. The van der Waals surface area contributed by atoms with E-state index < -0.39 is 43.2 Å². The molecule has 1 amide bonds. The number of hydrogen-bond acceptors (Lipinski definition) is 6. The van der Waals surface area contributed by atoms with Crippen molar-refractivity contribution in [3.05, 3.63) is 27.8 Å². The van der Waals surface area contributed by atoms with Crippen molar-refractivity contribution >= 4 is 28.5 Å². The van der Waals surface area contributed by atoms with Crippen LogP contribution in [0.4, 0.5) is 0 Å². The lowest BCUT2D eigenvalue weighted by Gasteiger charge is -2.42. The van der Waals surface area contributed by atoms with Crippen LogP contribution in [0, 0.1) is 3.57 Å². The third-order valence-corrected chi connectivity index (χ3v) is 4.04. The lowest BCUT2D eigenvalue weighted by atomic mass is 9.97. The zero-order valence-electron chi connectivity index (χ0n) is 11.8. The van der Waals surface area contributed by atoms with E-state index in [1.54, 1.807) is 12.1 Å². The fraction of sp³-hybridized carbons (Fsp3) is 0.500. The smallest absolute Gasteiger partial charge is 0.223 e. The fourth-order valence-corrected chi connectivity index (χ4v) is 2.58. The van der Waals surface area contributed by atoms with Gasteiger partial charge >= 0.3 is 0 Å². The summed E-state index contributed by atoms with van der Waals surface area (Å²) in [6.45, 7) is 0.816. The second-order valence-electron chi connectivity index (χ2n) is 5.00. The van der Waals surface area contributed by atoms with Gasteiger partial charge in [0.15, 0.2) is 0 Å². The molecule has 0 spiro atoms. The van der Waals surface area contributed by atoms with Crippen molar-refractivity contribution in [2.75, 3.05) is 6.61 Å². The molecule has 1 aliphatic heterocycles. The Morgan fingerprint density at radius 2 is 1.95 bits per heavy atom. The molecule has 4 N–H and O–H groups in total. The predicted octanol–water partition coefficient (Wildman–Crippen LogP) is -0.386. The maximum absolute atomic E-state index is 11.3. The highest BCUT2D eigenvalue weighted by Gasteiger charge is 2.46. The Kier molecular flexibility index (Phi) is 5.98. The first kappa shape index (κ1) is 17.4. The molecule has 0 saturated carbocycles. The minimum absolute atomic E-state index is 0.390. The molecule has 5 atom stereocenters. The lowest BCUT2D eigenvalue weighted by Crippen LogP contribution is -2.65. The molecule has 0 unspecified atom stereocenters. The van der Waals surface area contributed by atoms with E-state index in [9.17, 15) is 20.1 Å². The van der Waals surface area contributed by atoms with Crippen LogP contribution < -0.4 is 10.1 Å². The molecule has 1 aromatic rings. The van der Waals surface area contributed by atoms with Crippen molar-refractivity contribution in [3.8, 4) is 5.75 Å². The molecule has 0 aliphatic carbocycles. The van der Waals surface area contributed by atoms with E-state index in [0.29, 0.717) is 5.75 Å². The Balaban J connectivity index is 2.18. The van der Waals surface area contributed by atoms with Crippen LogP contribution in [0.1, 0.15) is 6.92 Å². The SMILES string of the molecule is CC(=O)N[C@H]1[C@H](Oc2ccc(I)cc2)O[C@H](CO)[C@@H](O)[C@@H]1O. The highest BCUT2D eigenvalue weighted by molar-refractivity contribution is 14.1.